The lowest BCUT2D eigenvalue weighted by molar-refractivity contribution is -0.462. The maximum atomic E-state index is 13.3. The molecule has 4 N–H and O–H groups in total. The third-order valence-corrected chi connectivity index (χ3v) is 13.0. The molecule has 2 amide bonds. The van der Waals surface area contributed by atoms with Gasteiger partial charge in [-0.2, -0.15) is 0 Å². The highest BCUT2D eigenvalue weighted by Crippen LogP contribution is 2.44. The van der Waals surface area contributed by atoms with Gasteiger partial charge in [0.2, 0.25) is 5.91 Å². The van der Waals surface area contributed by atoms with Crippen LogP contribution in [0.5, 0.6) is 5.75 Å². The Hall–Kier alpha value is -5.00. The molecule has 0 fully saturated rings. The largest absolute Gasteiger partial charge is 0.508 e. The Balaban J connectivity index is 1.44. The number of allylic oxidation sites excluding steroid dienone is 5. The van der Waals surface area contributed by atoms with Gasteiger partial charge in [-0.1, -0.05) is 31.3 Å². The van der Waals surface area contributed by atoms with Crippen LogP contribution in [0.3, 0.4) is 0 Å². The third kappa shape index (κ3) is 6.91. The number of hydrogen-bond acceptors (Lipinski definition) is 6. The number of fused-ring (bicyclic) bond motifs is 2. The molecule has 11 heteroatoms. The number of aromatic carboxylic acids is 1. The number of anilines is 1. The van der Waals surface area contributed by atoms with Crippen molar-refractivity contribution < 1.29 is 29.2 Å². The van der Waals surface area contributed by atoms with Crippen molar-refractivity contribution in [1.29, 1.82) is 0 Å². The molecule has 242 valence electrons. The number of rotatable bonds is 9. The minimum absolute atomic E-state index is 0.101. The standard InChI is InChI=1S/C36H38N4O5SSi/c1-39(2)23-10-14-26-30(19-23)47(5,6)31-20-24(40(3)4)11-15-27(31)33(26)28-21-29(46-34(28)36(44)45)35(43)38-18-17-37-32(42)16-9-22-7-12-25(41)13-8-22/h7-16,19-21H,17-18H2,1-6H3,(H3-,37,38,41,42,43,44,45)/p+1. The van der Waals surface area contributed by atoms with Crippen molar-refractivity contribution in [2.24, 2.45) is 0 Å². The first-order valence-electron chi connectivity index (χ1n) is 15.2. The predicted octanol–water partition coefficient (Wildman–Crippen LogP) is 4.26. The minimum atomic E-state index is -2.23. The summed E-state index contributed by atoms with van der Waals surface area (Å²) in [5.74, 6) is -1.68. The van der Waals surface area contributed by atoms with Gasteiger partial charge in [0.1, 0.15) is 32.8 Å². The quantitative estimate of drug-likeness (QED) is 0.117. The van der Waals surface area contributed by atoms with Crippen LogP contribution >= 0.6 is 11.3 Å². The van der Waals surface area contributed by atoms with Crippen LogP contribution < -0.4 is 20.7 Å². The Morgan fingerprint density at radius 1 is 0.957 bits per heavy atom. The Morgan fingerprint density at radius 2 is 1.66 bits per heavy atom. The zero-order valence-electron chi connectivity index (χ0n) is 27.3. The molecular formula is C36H39N4O5SSi+. The molecule has 47 heavy (non-hydrogen) atoms. The number of carboxylic acid groups (broad SMARTS) is 1. The van der Waals surface area contributed by atoms with Crippen LogP contribution in [0.4, 0.5) is 5.69 Å². The van der Waals surface area contributed by atoms with Gasteiger partial charge in [-0.05, 0) is 75.1 Å². The number of benzene rings is 2. The Labute approximate surface area is 279 Å². The second-order valence-electron chi connectivity index (χ2n) is 12.4. The second-order valence-corrected chi connectivity index (χ2v) is 17.8. The Bertz CT molecular complexity index is 1930. The first-order chi connectivity index (χ1) is 22.3. The van der Waals surface area contributed by atoms with Crippen molar-refractivity contribution in [2.45, 2.75) is 13.1 Å². The van der Waals surface area contributed by atoms with Gasteiger partial charge < -0.3 is 25.7 Å². The molecule has 1 aromatic heterocycles. The normalized spacial score (nSPS) is 14.8. The highest BCUT2D eigenvalue weighted by atomic mass is 32.1. The molecule has 2 aromatic carbocycles. The first kappa shape index (κ1) is 33.4. The van der Waals surface area contributed by atoms with Crippen molar-refractivity contribution in [3.63, 3.8) is 0 Å². The maximum Gasteiger partial charge on any atom is 0.346 e. The van der Waals surface area contributed by atoms with Gasteiger partial charge in [0.15, 0.2) is 5.71 Å². The SMILES string of the molecule is CN(C)c1ccc2c(c1)[Si](C)(C)C1=CC(=[N+](C)C)C=CC1=C2c1cc(C(=O)NCCNC(=O)/C=C/c2ccc(O)cc2)sc1C(=O)O. The summed E-state index contributed by atoms with van der Waals surface area (Å²) < 4.78 is 2.07. The van der Waals surface area contributed by atoms with E-state index in [1.165, 1.54) is 28.6 Å². The van der Waals surface area contributed by atoms with E-state index >= 15 is 0 Å². The lowest BCUT2D eigenvalue weighted by Gasteiger charge is -2.38. The highest BCUT2D eigenvalue weighted by Gasteiger charge is 2.41. The summed E-state index contributed by atoms with van der Waals surface area (Å²) in [5.41, 5.74) is 6.23. The van der Waals surface area contributed by atoms with Crippen LogP contribution in [0, 0.1) is 0 Å². The number of amides is 2. The fourth-order valence-electron chi connectivity index (χ4n) is 5.78. The molecule has 1 aliphatic heterocycles. The molecule has 0 bridgehead atoms. The molecule has 0 radical (unpaired) electrons. The van der Waals surface area contributed by atoms with Crippen LogP contribution in [-0.4, -0.2) is 87.6 Å². The van der Waals surface area contributed by atoms with E-state index in [-0.39, 0.29) is 34.5 Å². The minimum Gasteiger partial charge on any atom is -0.508 e. The molecule has 5 rings (SSSR count). The van der Waals surface area contributed by atoms with E-state index in [0.717, 1.165) is 45.0 Å². The number of carbonyl (C=O) groups excluding carboxylic acids is 2. The third-order valence-electron chi connectivity index (χ3n) is 8.37. The number of aromatic hydroxyl groups is 1. The molecule has 0 saturated heterocycles. The van der Waals surface area contributed by atoms with Gasteiger partial charge in [0, 0.05) is 56.7 Å². The number of thiophene rings is 1. The van der Waals surface area contributed by atoms with Crippen molar-refractivity contribution in [3.05, 3.63) is 110 Å². The lowest BCUT2D eigenvalue weighted by atomic mass is 9.89. The van der Waals surface area contributed by atoms with Crippen LogP contribution in [-0.2, 0) is 4.79 Å². The van der Waals surface area contributed by atoms with E-state index in [2.05, 4.69) is 69.6 Å². The summed E-state index contributed by atoms with van der Waals surface area (Å²) in [7, 11) is 5.81. The van der Waals surface area contributed by atoms with Crippen molar-refractivity contribution in [1.82, 2.24) is 10.6 Å². The first-order valence-corrected chi connectivity index (χ1v) is 19.0. The highest BCUT2D eigenvalue weighted by molar-refractivity contribution is 7.16. The van der Waals surface area contributed by atoms with Crippen molar-refractivity contribution >= 4 is 65.4 Å². The molecule has 2 heterocycles. The smallest absolute Gasteiger partial charge is 0.346 e. The number of nitrogens with zero attached hydrogens (tertiary/aromatic N) is 2. The average Bonchev–Trinajstić information content (AvgIpc) is 3.48. The fourth-order valence-corrected chi connectivity index (χ4v) is 9.77. The summed E-state index contributed by atoms with van der Waals surface area (Å²) in [6.07, 6.45) is 9.36. The molecule has 0 atom stereocenters. The fraction of sp³-hybridized carbons (Fsp3) is 0.222. The monoisotopic (exact) mass is 667 g/mol. The van der Waals surface area contributed by atoms with E-state index in [4.69, 9.17) is 0 Å². The number of phenolic OH excluding ortho intramolecular Hbond substituents is 1. The van der Waals surface area contributed by atoms with Gasteiger partial charge in [-0.25, -0.2) is 9.37 Å². The summed E-state index contributed by atoms with van der Waals surface area (Å²) in [6.45, 7) is 5.00. The lowest BCUT2D eigenvalue weighted by Crippen LogP contribution is -2.49. The van der Waals surface area contributed by atoms with Crippen LogP contribution in [0.25, 0.3) is 11.6 Å². The predicted molar refractivity (Wildman–Crippen MR) is 192 cm³/mol. The van der Waals surface area contributed by atoms with Crippen molar-refractivity contribution in [2.75, 3.05) is 46.2 Å². The molecule has 0 unspecified atom stereocenters. The summed E-state index contributed by atoms with van der Waals surface area (Å²) in [6, 6.07) is 14.5. The number of carboxylic acids is 1. The number of nitrogens with one attached hydrogen (secondary N) is 2. The van der Waals surface area contributed by atoms with E-state index in [0.29, 0.717) is 5.56 Å². The van der Waals surface area contributed by atoms with Crippen LogP contribution in [0.2, 0.25) is 13.1 Å². The zero-order valence-corrected chi connectivity index (χ0v) is 29.2. The van der Waals surface area contributed by atoms with E-state index < -0.39 is 20.0 Å². The van der Waals surface area contributed by atoms with Gasteiger partial charge in [0.25, 0.3) is 5.91 Å². The van der Waals surface area contributed by atoms with Gasteiger partial charge >= 0.3 is 5.97 Å². The number of carbonyl (C=O) groups is 3. The second kappa shape index (κ2) is 13.4. The molecular weight excluding hydrogens is 629 g/mol. The molecule has 3 aromatic rings. The Morgan fingerprint density at radius 3 is 2.32 bits per heavy atom. The number of hydrogen-bond donors (Lipinski definition) is 4. The maximum absolute atomic E-state index is 13.3. The summed E-state index contributed by atoms with van der Waals surface area (Å²) >= 11 is 0.952. The molecule has 9 nitrogen and oxygen atoms in total. The van der Waals surface area contributed by atoms with Gasteiger partial charge in [-0.15, -0.1) is 11.3 Å². The molecule has 0 saturated carbocycles. The van der Waals surface area contributed by atoms with Crippen LogP contribution in [0.1, 0.15) is 36.0 Å². The zero-order chi connectivity index (χ0) is 34.0. The van der Waals surface area contributed by atoms with E-state index in [1.807, 2.05) is 28.2 Å². The van der Waals surface area contributed by atoms with Gasteiger partial charge in [0.05, 0.1) is 4.88 Å². The molecule has 1 aliphatic carbocycles. The molecule has 0 spiro atoms. The van der Waals surface area contributed by atoms with Gasteiger partial charge in [-0.3, -0.25) is 9.59 Å². The van der Waals surface area contributed by atoms with E-state index in [9.17, 15) is 24.6 Å². The van der Waals surface area contributed by atoms with Crippen LogP contribution in [0.15, 0.2) is 83.6 Å². The summed E-state index contributed by atoms with van der Waals surface area (Å²) in [4.78, 5) is 40.6. The number of phenols is 1. The Kier molecular flexibility index (Phi) is 9.50. The van der Waals surface area contributed by atoms with E-state index in [1.54, 1.807) is 24.3 Å². The van der Waals surface area contributed by atoms with Crippen molar-refractivity contribution in [3.8, 4) is 5.75 Å². The molecule has 2 aliphatic rings. The average molecular weight is 668 g/mol. The summed E-state index contributed by atoms with van der Waals surface area (Å²) in [5, 5.41) is 27.7. The topological polar surface area (TPSA) is 122 Å².